The Kier molecular flexibility index (Phi) is 4.66. The number of benzene rings is 1. The smallest absolute Gasteiger partial charge is 0.255 e. The van der Waals surface area contributed by atoms with Gasteiger partial charge < -0.3 is 14.9 Å². The molecule has 0 unspecified atom stereocenters. The lowest BCUT2D eigenvalue weighted by Gasteiger charge is -2.18. The summed E-state index contributed by atoms with van der Waals surface area (Å²) in [5.74, 6) is -0.359. The zero-order chi connectivity index (χ0) is 17.4. The molecular formula is C13H14BrN3O5S. The normalized spacial score (nSPS) is 12.0. The van der Waals surface area contributed by atoms with Gasteiger partial charge in [-0.05, 0) is 22.0 Å². The van der Waals surface area contributed by atoms with Crippen molar-refractivity contribution in [1.29, 1.82) is 0 Å². The molecule has 0 atom stereocenters. The van der Waals surface area contributed by atoms with Gasteiger partial charge in [0, 0.05) is 30.0 Å². The van der Waals surface area contributed by atoms with Crippen molar-refractivity contribution in [1.82, 2.24) is 5.32 Å². The summed E-state index contributed by atoms with van der Waals surface area (Å²) >= 11 is 3.30. The number of nitrogens with zero attached hydrogens (tertiary/aromatic N) is 2. The molecule has 0 radical (unpaired) electrons. The maximum Gasteiger partial charge on any atom is 0.255 e. The van der Waals surface area contributed by atoms with Gasteiger partial charge in [-0.15, -0.1) is 0 Å². The fourth-order valence-electron chi connectivity index (χ4n) is 2.05. The van der Waals surface area contributed by atoms with Crippen LogP contribution in [0.25, 0.3) is 11.0 Å². The number of oxime groups is 1. The summed E-state index contributed by atoms with van der Waals surface area (Å²) < 4.78 is 30.5. The number of anilines is 1. The molecule has 1 aromatic carbocycles. The largest absolute Gasteiger partial charge is 0.454 e. The number of fused-ring (bicyclic) bond motifs is 1. The van der Waals surface area contributed by atoms with Crippen LogP contribution in [0.3, 0.4) is 0 Å². The maximum absolute atomic E-state index is 12.0. The van der Waals surface area contributed by atoms with Crippen LogP contribution in [0.1, 0.15) is 16.1 Å². The van der Waals surface area contributed by atoms with Crippen LogP contribution in [-0.2, 0) is 10.0 Å². The minimum atomic E-state index is -3.47. The van der Waals surface area contributed by atoms with E-state index in [-0.39, 0.29) is 16.9 Å². The first kappa shape index (κ1) is 17.3. The predicted octanol–water partition coefficient (Wildman–Crippen LogP) is 1.76. The molecule has 1 amide bonds. The molecule has 0 aliphatic rings. The number of hydrogen-bond acceptors (Lipinski definition) is 6. The topological polar surface area (TPSA) is 112 Å². The van der Waals surface area contributed by atoms with Crippen molar-refractivity contribution in [3.63, 3.8) is 0 Å². The Balaban J connectivity index is 2.78. The second kappa shape index (κ2) is 6.20. The van der Waals surface area contributed by atoms with E-state index in [1.165, 1.54) is 20.2 Å². The van der Waals surface area contributed by atoms with E-state index < -0.39 is 15.9 Å². The average molecular weight is 404 g/mol. The highest BCUT2D eigenvalue weighted by molar-refractivity contribution is 9.10. The molecule has 124 valence electrons. The van der Waals surface area contributed by atoms with Crippen LogP contribution >= 0.6 is 15.9 Å². The zero-order valence-electron chi connectivity index (χ0n) is 12.5. The monoisotopic (exact) mass is 403 g/mol. The molecule has 8 nitrogen and oxygen atoms in total. The van der Waals surface area contributed by atoms with E-state index in [1.807, 2.05) is 0 Å². The number of sulfonamides is 1. The van der Waals surface area contributed by atoms with Crippen LogP contribution < -0.4 is 9.62 Å². The van der Waals surface area contributed by atoms with E-state index in [0.29, 0.717) is 15.5 Å². The summed E-state index contributed by atoms with van der Waals surface area (Å²) in [6.07, 6.45) is 2.07. The Morgan fingerprint density at radius 3 is 2.65 bits per heavy atom. The Labute approximate surface area is 140 Å². The third kappa shape index (κ3) is 3.17. The average Bonchev–Trinajstić information content (AvgIpc) is 2.81. The zero-order valence-corrected chi connectivity index (χ0v) is 14.9. The van der Waals surface area contributed by atoms with Crippen molar-refractivity contribution in [2.24, 2.45) is 5.16 Å². The van der Waals surface area contributed by atoms with Crippen molar-refractivity contribution in [2.45, 2.75) is 0 Å². The molecule has 2 rings (SSSR count). The number of rotatable bonds is 4. The van der Waals surface area contributed by atoms with Gasteiger partial charge in [0.25, 0.3) is 5.91 Å². The van der Waals surface area contributed by atoms with Crippen LogP contribution in [-0.4, -0.2) is 46.1 Å². The molecule has 0 spiro atoms. The second-order valence-corrected chi connectivity index (χ2v) is 7.56. The van der Waals surface area contributed by atoms with E-state index in [2.05, 4.69) is 26.4 Å². The van der Waals surface area contributed by atoms with E-state index in [0.717, 1.165) is 16.8 Å². The summed E-state index contributed by atoms with van der Waals surface area (Å²) in [5, 5.41) is 14.5. The lowest BCUT2D eigenvalue weighted by molar-refractivity contribution is 0.0963. The molecule has 0 saturated heterocycles. The molecule has 0 fully saturated rings. The van der Waals surface area contributed by atoms with Crippen LogP contribution in [0.5, 0.6) is 0 Å². The van der Waals surface area contributed by atoms with E-state index in [9.17, 15) is 13.2 Å². The van der Waals surface area contributed by atoms with Gasteiger partial charge in [-0.2, -0.15) is 0 Å². The first-order valence-corrected chi connectivity index (χ1v) is 8.94. The number of carbonyl (C=O) groups excluding carboxylic acids is 1. The molecule has 0 bridgehead atoms. The van der Waals surface area contributed by atoms with E-state index in [1.54, 1.807) is 6.07 Å². The Morgan fingerprint density at radius 2 is 2.13 bits per heavy atom. The molecule has 0 saturated carbocycles. The summed E-state index contributed by atoms with van der Waals surface area (Å²) in [7, 11) is -0.603. The minimum Gasteiger partial charge on any atom is -0.454 e. The molecule has 2 aromatic rings. The summed E-state index contributed by atoms with van der Waals surface area (Å²) in [4.78, 5) is 12.0. The van der Waals surface area contributed by atoms with Crippen molar-refractivity contribution in [3.8, 4) is 0 Å². The molecule has 1 heterocycles. The minimum absolute atomic E-state index is 0.0629. The number of nitrogens with one attached hydrogen (secondary N) is 1. The third-order valence-electron chi connectivity index (χ3n) is 3.25. The van der Waals surface area contributed by atoms with Gasteiger partial charge in [0.2, 0.25) is 10.0 Å². The van der Waals surface area contributed by atoms with Crippen LogP contribution in [0.15, 0.2) is 26.2 Å². The highest BCUT2D eigenvalue weighted by Crippen LogP contribution is 2.35. The Bertz CT molecular complexity index is 904. The third-order valence-corrected chi connectivity index (χ3v) is 5.08. The number of hydrogen-bond donors (Lipinski definition) is 2. The van der Waals surface area contributed by atoms with Crippen molar-refractivity contribution < 1.29 is 22.8 Å². The lowest BCUT2D eigenvalue weighted by atomic mass is 10.1. The summed E-state index contributed by atoms with van der Waals surface area (Å²) in [6, 6.07) is 3.07. The highest BCUT2D eigenvalue weighted by Gasteiger charge is 2.23. The van der Waals surface area contributed by atoms with Crippen LogP contribution in [0.4, 0.5) is 5.69 Å². The molecule has 23 heavy (non-hydrogen) atoms. The van der Waals surface area contributed by atoms with Gasteiger partial charge in [-0.1, -0.05) is 5.16 Å². The van der Waals surface area contributed by atoms with E-state index >= 15 is 0 Å². The molecule has 2 N–H and O–H groups in total. The first-order chi connectivity index (χ1) is 10.7. The Hall–Kier alpha value is -2.07. The van der Waals surface area contributed by atoms with Crippen LogP contribution in [0.2, 0.25) is 0 Å². The maximum atomic E-state index is 12.0. The van der Waals surface area contributed by atoms with Gasteiger partial charge in [0.15, 0.2) is 5.76 Å². The van der Waals surface area contributed by atoms with Crippen molar-refractivity contribution in [3.05, 3.63) is 27.9 Å². The van der Waals surface area contributed by atoms with Gasteiger partial charge in [-0.25, -0.2) is 8.42 Å². The highest BCUT2D eigenvalue weighted by atomic mass is 79.9. The fourth-order valence-corrected chi connectivity index (χ4v) is 3.28. The van der Waals surface area contributed by atoms with Gasteiger partial charge >= 0.3 is 0 Å². The number of amides is 1. The molecule has 10 heteroatoms. The second-order valence-electron chi connectivity index (χ2n) is 4.70. The number of carbonyl (C=O) groups is 1. The molecule has 0 aliphatic carbocycles. The molecule has 1 aromatic heterocycles. The van der Waals surface area contributed by atoms with Gasteiger partial charge in [-0.3, -0.25) is 9.10 Å². The number of halogens is 1. The quantitative estimate of drug-likeness (QED) is 0.458. The molecule has 0 aliphatic heterocycles. The molecular weight excluding hydrogens is 390 g/mol. The fraction of sp³-hybridized carbons (Fsp3) is 0.231. The van der Waals surface area contributed by atoms with Gasteiger partial charge in [0.1, 0.15) is 11.8 Å². The summed E-state index contributed by atoms with van der Waals surface area (Å²) in [5.41, 5.74) is 0.825. The Morgan fingerprint density at radius 1 is 1.48 bits per heavy atom. The van der Waals surface area contributed by atoms with Crippen molar-refractivity contribution in [2.75, 3.05) is 24.7 Å². The standard InChI is InChI=1S/C13H14BrN3O5S/c1-15-13(18)12-7-4-8(14)9(17(2)23(3,20)21)5-10(7)22-11(12)6-16-19/h4-6,19H,1-3H3,(H,15,18)/b16-6+. The SMILES string of the molecule is CNC(=O)c1c(/C=N/O)oc2cc(N(C)S(C)(=O)=O)c(Br)cc12. The number of furan rings is 1. The van der Waals surface area contributed by atoms with Gasteiger partial charge in [0.05, 0.1) is 17.5 Å². The van der Waals surface area contributed by atoms with Crippen LogP contribution in [0, 0.1) is 0 Å². The lowest BCUT2D eigenvalue weighted by Crippen LogP contribution is -2.25. The van der Waals surface area contributed by atoms with Crippen molar-refractivity contribution >= 4 is 54.7 Å². The predicted molar refractivity (Wildman–Crippen MR) is 89.9 cm³/mol. The van der Waals surface area contributed by atoms with E-state index in [4.69, 9.17) is 9.62 Å². The first-order valence-electron chi connectivity index (χ1n) is 6.30. The summed E-state index contributed by atoms with van der Waals surface area (Å²) in [6.45, 7) is 0.